The lowest BCUT2D eigenvalue weighted by molar-refractivity contribution is 0.166. The molecule has 0 amide bonds. The Bertz CT molecular complexity index is 646. The topological polar surface area (TPSA) is 24.5 Å². The lowest BCUT2D eigenvalue weighted by Crippen LogP contribution is -2.39. The molecule has 2 rings (SSSR count). The monoisotopic (exact) mass is 368 g/mol. The van der Waals surface area contributed by atoms with Crippen LogP contribution in [0.5, 0.6) is 0 Å². The minimum atomic E-state index is 0.185. The first kappa shape index (κ1) is 18.2. The number of aryl methyl sites for hydroxylation is 1. The zero-order valence-electron chi connectivity index (χ0n) is 13.5. The van der Waals surface area contributed by atoms with E-state index in [0.29, 0.717) is 16.7 Å². The number of rotatable bonds is 6. The Balaban J connectivity index is 2.17. The van der Waals surface area contributed by atoms with E-state index in [0.717, 1.165) is 17.8 Å². The SMILES string of the molecule is COCCN(C(=S)Nc1cc(Cl)ccc1C)[C@H](C)c1cccs1. The second-order valence-corrected chi connectivity index (χ2v) is 7.07. The quantitative estimate of drug-likeness (QED) is 0.715. The summed E-state index contributed by atoms with van der Waals surface area (Å²) in [5.41, 5.74) is 2.04. The van der Waals surface area contributed by atoms with Crippen LogP contribution in [0.15, 0.2) is 35.7 Å². The van der Waals surface area contributed by atoms with E-state index in [1.807, 2.05) is 25.1 Å². The van der Waals surface area contributed by atoms with E-state index >= 15 is 0 Å². The Morgan fingerprint density at radius 3 is 2.87 bits per heavy atom. The summed E-state index contributed by atoms with van der Waals surface area (Å²) in [6.07, 6.45) is 0. The Labute approximate surface area is 152 Å². The van der Waals surface area contributed by atoms with Gasteiger partial charge in [0, 0.05) is 29.2 Å². The number of benzene rings is 1. The van der Waals surface area contributed by atoms with Gasteiger partial charge in [-0.25, -0.2) is 0 Å². The summed E-state index contributed by atoms with van der Waals surface area (Å²) in [4.78, 5) is 3.42. The molecule has 1 heterocycles. The Morgan fingerprint density at radius 1 is 1.43 bits per heavy atom. The summed E-state index contributed by atoms with van der Waals surface area (Å²) in [6.45, 7) is 5.52. The molecule has 0 fully saturated rings. The van der Waals surface area contributed by atoms with Gasteiger partial charge in [0.1, 0.15) is 0 Å². The number of nitrogens with one attached hydrogen (secondary N) is 1. The highest BCUT2D eigenvalue weighted by atomic mass is 35.5. The molecule has 124 valence electrons. The Morgan fingerprint density at radius 2 is 2.22 bits per heavy atom. The second kappa shape index (κ2) is 8.64. The van der Waals surface area contributed by atoms with Crippen molar-refractivity contribution in [1.82, 2.24) is 4.90 Å². The van der Waals surface area contributed by atoms with E-state index in [9.17, 15) is 0 Å². The maximum Gasteiger partial charge on any atom is 0.174 e. The van der Waals surface area contributed by atoms with Crippen LogP contribution in [0.2, 0.25) is 5.02 Å². The average Bonchev–Trinajstić information content (AvgIpc) is 3.05. The molecule has 3 nitrogen and oxygen atoms in total. The van der Waals surface area contributed by atoms with E-state index in [4.69, 9.17) is 28.6 Å². The minimum absolute atomic E-state index is 0.185. The number of ether oxygens (including phenoxy) is 1. The number of hydrogen-bond donors (Lipinski definition) is 1. The van der Waals surface area contributed by atoms with Crippen LogP contribution in [0.4, 0.5) is 5.69 Å². The van der Waals surface area contributed by atoms with Crippen molar-refractivity contribution >= 4 is 46.0 Å². The van der Waals surface area contributed by atoms with Gasteiger partial charge in [0.15, 0.2) is 5.11 Å². The molecule has 6 heteroatoms. The van der Waals surface area contributed by atoms with Gasteiger partial charge >= 0.3 is 0 Å². The molecule has 0 saturated carbocycles. The van der Waals surface area contributed by atoms with Gasteiger partial charge in [0.2, 0.25) is 0 Å². The molecular formula is C17H21ClN2OS2. The average molecular weight is 369 g/mol. The van der Waals surface area contributed by atoms with E-state index in [1.54, 1.807) is 18.4 Å². The zero-order chi connectivity index (χ0) is 16.8. The van der Waals surface area contributed by atoms with Crippen molar-refractivity contribution in [3.63, 3.8) is 0 Å². The van der Waals surface area contributed by atoms with Crippen LogP contribution in [0.3, 0.4) is 0 Å². The van der Waals surface area contributed by atoms with Crippen molar-refractivity contribution in [2.24, 2.45) is 0 Å². The molecule has 1 N–H and O–H groups in total. The van der Waals surface area contributed by atoms with Crippen LogP contribution in [0, 0.1) is 6.92 Å². The molecule has 0 radical (unpaired) electrons. The normalized spacial score (nSPS) is 12.0. The highest BCUT2D eigenvalue weighted by molar-refractivity contribution is 7.80. The predicted octanol–water partition coefficient (Wildman–Crippen LogP) is 5.12. The number of thiocarbonyl (C=S) groups is 1. The van der Waals surface area contributed by atoms with E-state index in [-0.39, 0.29) is 6.04 Å². The zero-order valence-corrected chi connectivity index (χ0v) is 15.9. The molecule has 2 aromatic rings. The van der Waals surface area contributed by atoms with Gasteiger partial charge in [-0.2, -0.15) is 0 Å². The van der Waals surface area contributed by atoms with Gasteiger partial charge in [-0.1, -0.05) is 23.7 Å². The first-order valence-electron chi connectivity index (χ1n) is 7.39. The number of hydrogen-bond acceptors (Lipinski definition) is 3. The van der Waals surface area contributed by atoms with Crippen LogP contribution >= 0.6 is 35.2 Å². The van der Waals surface area contributed by atoms with E-state index < -0.39 is 0 Å². The summed E-state index contributed by atoms with van der Waals surface area (Å²) in [5, 5.41) is 6.77. The number of thiophene rings is 1. The molecular weight excluding hydrogens is 348 g/mol. The molecule has 0 saturated heterocycles. The standard InChI is InChI=1S/C17H21ClN2OS2/c1-12-6-7-14(18)11-15(12)19-17(22)20(8-9-21-3)13(2)16-5-4-10-23-16/h4-7,10-11,13H,8-9H2,1-3H3,(H,19,22)/t13-/m1/s1. The summed E-state index contributed by atoms with van der Waals surface area (Å²) in [7, 11) is 1.70. The first-order valence-corrected chi connectivity index (χ1v) is 9.05. The molecule has 0 bridgehead atoms. The molecule has 1 atom stereocenters. The largest absolute Gasteiger partial charge is 0.383 e. The number of methoxy groups -OCH3 is 1. The smallest absolute Gasteiger partial charge is 0.174 e. The number of anilines is 1. The van der Waals surface area contributed by atoms with Crippen molar-refractivity contribution in [1.29, 1.82) is 0 Å². The molecule has 1 aromatic carbocycles. The van der Waals surface area contributed by atoms with Gasteiger partial charge in [-0.3, -0.25) is 0 Å². The molecule has 0 aliphatic carbocycles. The van der Waals surface area contributed by atoms with Gasteiger partial charge in [-0.15, -0.1) is 11.3 Å². The van der Waals surface area contributed by atoms with Gasteiger partial charge in [0.25, 0.3) is 0 Å². The third-order valence-electron chi connectivity index (χ3n) is 3.66. The highest BCUT2D eigenvalue weighted by Gasteiger charge is 2.20. The maximum absolute atomic E-state index is 6.09. The fourth-order valence-corrected chi connectivity index (χ4v) is 3.59. The lowest BCUT2D eigenvalue weighted by atomic mass is 10.2. The predicted molar refractivity (Wildman–Crippen MR) is 104 cm³/mol. The number of halogens is 1. The minimum Gasteiger partial charge on any atom is -0.383 e. The van der Waals surface area contributed by atoms with Crippen LogP contribution in [-0.4, -0.2) is 30.3 Å². The maximum atomic E-state index is 6.09. The second-order valence-electron chi connectivity index (χ2n) is 5.27. The van der Waals surface area contributed by atoms with Crippen LogP contribution in [0.1, 0.15) is 23.4 Å². The lowest BCUT2D eigenvalue weighted by Gasteiger charge is -2.31. The molecule has 0 aliphatic rings. The molecule has 0 spiro atoms. The van der Waals surface area contributed by atoms with Gasteiger partial charge in [-0.05, 0) is 55.2 Å². The first-order chi connectivity index (χ1) is 11.0. The van der Waals surface area contributed by atoms with Gasteiger partial charge in [0.05, 0.1) is 12.6 Å². The summed E-state index contributed by atoms with van der Waals surface area (Å²) < 4.78 is 5.24. The third kappa shape index (κ3) is 4.91. The number of nitrogens with zero attached hydrogens (tertiary/aromatic N) is 1. The molecule has 0 aliphatic heterocycles. The van der Waals surface area contributed by atoms with E-state index in [1.165, 1.54) is 4.88 Å². The van der Waals surface area contributed by atoms with Gasteiger partial charge < -0.3 is 15.0 Å². The Kier molecular flexibility index (Phi) is 6.84. The summed E-state index contributed by atoms with van der Waals surface area (Å²) in [6, 6.07) is 10.1. The van der Waals surface area contributed by atoms with E-state index in [2.05, 4.69) is 34.7 Å². The van der Waals surface area contributed by atoms with Crippen molar-refractivity contribution in [2.45, 2.75) is 19.9 Å². The molecule has 0 unspecified atom stereocenters. The molecule has 23 heavy (non-hydrogen) atoms. The van der Waals surface area contributed by atoms with Crippen LogP contribution < -0.4 is 5.32 Å². The van der Waals surface area contributed by atoms with Crippen molar-refractivity contribution in [3.8, 4) is 0 Å². The fraction of sp³-hybridized carbons (Fsp3) is 0.353. The van der Waals surface area contributed by atoms with Crippen LogP contribution in [-0.2, 0) is 4.74 Å². The summed E-state index contributed by atoms with van der Waals surface area (Å²) in [5.74, 6) is 0. The third-order valence-corrected chi connectivity index (χ3v) is 5.28. The van der Waals surface area contributed by atoms with Crippen molar-refractivity contribution < 1.29 is 4.74 Å². The van der Waals surface area contributed by atoms with Crippen molar-refractivity contribution in [3.05, 3.63) is 51.2 Å². The fourth-order valence-electron chi connectivity index (χ4n) is 2.26. The van der Waals surface area contributed by atoms with Crippen molar-refractivity contribution in [2.75, 3.05) is 25.6 Å². The van der Waals surface area contributed by atoms with Crippen LogP contribution in [0.25, 0.3) is 0 Å². The molecule has 1 aromatic heterocycles. The highest BCUT2D eigenvalue weighted by Crippen LogP contribution is 2.26. The summed E-state index contributed by atoms with van der Waals surface area (Å²) >= 11 is 13.5. The Hall–Kier alpha value is -1.14.